The van der Waals surface area contributed by atoms with Crippen LogP contribution < -0.4 is 9.47 Å². The Bertz CT molecular complexity index is 2990. The maximum Gasteiger partial charge on any atom is 0.164 e. The average molecular weight is 619 g/mol. The van der Waals surface area contributed by atoms with Crippen molar-refractivity contribution in [2.24, 2.45) is 0 Å². The van der Waals surface area contributed by atoms with Crippen LogP contribution in [0.15, 0.2) is 142 Å². The van der Waals surface area contributed by atoms with Gasteiger partial charge in [0.05, 0.1) is 38.0 Å². The lowest BCUT2D eigenvalue weighted by Gasteiger charge is -2.37. The molecule has 0 saturated carbocycles. The first kappa shape index (κ1) is 23.4. The van der Waals surface area contributed by atoms with Crippen LogP contribution in [0, 0.1) is 0 Å². The van der Waals surface area contributed by atoms with E-state index in [1.165, 1.54) is 79.8 Å². The molecule has 6 heterocycles. The van der Waals surface area contributed by atoms with Gasteiger partial charge in [-0.1, -0.05) is 91.0 Å². The van der Waals surface area contributed by atoms with Crippen molar-refractivity contribution < 1.29 is 9.47 Å². The molecule has 4 nitrogen and oxygen atoms in total. The molecule has 0 aliphatic carbocycles. The molecule has 0 spiro atoms. The molecular weight excluding hydrogens is 597 g/mol. The molecule has 47 heavy (non-hydrogen) atoms. The van der Waals surface area contributed by atoms with Crippen molar-refractivity contribution in [3.63, 3.8) is 0 Å². The van der Waals surface area contributed by atoms with E-state index < -0.39 is 10.9 Å². The Morgan fingerprint density at radius 3 is 1.28 bits per heavy atom. The fourth-order valence-electron chi connectivity index (χ4n) is 8.97. The number of fused-ring (bicyclic) bond motifs is 18. The summed E-state index contributed by atoms with van der Waals surface area (Å²) in [5, 5.41) is 10.1. The van der Waals surface area contributed by atoms with Gasteiger partial charge >= 0.3 is 0 Å². The summed E-state index contributed by atoms with van der Waals surface area (Å²) in [6.45, 7) is 0. The van der Waals surface area contributed by atoms with Crippen molar-refractivity contribution in [1.82, 2.24) is 8.80 Å². The lowest BCUT2D eigenvalue weighted by Crippen LogP contribution is -2.08. The second-order valence-electron chi connectivity index (χ2n) is 12.9. The van der Waals surface area contributed by atoms with Crippen LogP contribution in [0.5, 0.6) is 23.0 Å². The highest BCUT2D eigenvalue weighted by Crippen LogP contribution is 2.70. The van der Waals surface area contributed by atoms with Gasteiger partial charge in [-0.05, 0) is 36.4 Å². The summed E-state index contributed by atoms with van der Waals surface area (Å²) in [6, 6.07) is 46.5. The zero-order valence-corrected chi connectivity index (χ0v) is 25.7. The standard InChI is InChI=1S/C42H22N2O2S/c1-3-14-30-22(8-1)24-10-5-12-26-28-18-20-34-40(38(28)43(30)36(24)26)45-32-16-7-17-33-42(32)47(34)35-21-19-29-27-13-6-11-25-23-9-2-4-15-31(23)44(37(25)27)39(29)41(35)46-33/h1-21,47H. The Balaban J connectivity index is 1.19. The van der Waals surface area contributed by atoms with Crippen LogP contribution in [0.25, 0.3) is 76.2 Å². The highest BCUT2D eigenvalue weighted by atomic mass is 32.2. The summed E-state index contributed by atoms with van der Waals surface area (Å²) >= 11 is 0. The van der Waals surface area contributed by atoms with E-state index in [1.54, 1.807) is 0 Å². The predicted molar refractivity (Wildman–Crippen MR) is 193 cm³/mol. The molecule has 13 rings (SSSR count). The van der Waals surface area contributed by atoms with Gasteiger partial charge in [0.15, 0.2) is 11.5 Å². The minimum absolute atomic E-state index is 0.890. The van der Waals surface area contributed by atoms with Gasteiger partial charge in [-0.2, -0.15) is 10.9 Å². The van der Waals surface area contributed by atoms with Gasteiger partial charge in [0.1, 0.15) is 11.5 Å². The molecule has 0 radical (unpaired) electrons. The molecule has 0 N–H and O–H groups in total. The molecule has 218 valence electrons. The SMILES string of the molecule is c1cc2c3c(c1)Oc1c(ccc4c5cccc6c7ccccc7n(c14)c65)[SH]3c1ccc3c4cccc5c6ccccc6n(c3c1O2)c54. The van der Waals surface area contributed by atoms with Crippen molar-refractivity contribution in [1.29, 1.82) is 0 Å². The summed E-state index contributed by atoms with van der Waals surface area (Å²) in [5.74, 6) is 3.70. The van der Waals surface area contributed by atoms with E-state index in [9.17, 15) is 0 Å². The van der Waals surface area contributed by atoms with Gasteiger partial charge < -0.3 is 18.3 Å². The molecule has 0 unspecified atom stereocenters. The molecule has 2 aliphatic heterocycles. The van der Waals surface area contributed by atoms with Gasteiger partial charge in [-0.3, -0.25) is 0 Å². The normalized spacial score (nSPS) is 14.6. The molecule has 0 atom stereocenters. The van der Waals surface area contributed by atoms with E-state index in [0.29, 0.717) is 0 Å². The zero-order valence-electron chi connectivity index (χ0n) is 24.8. The van der Waals surface area contributed by atoms with Crippen molar-refractivity contribution in [2.75, 3.05) is 0 Å². The first-order chi connectivity index (χ1) is 23.3. The third-order valence-electron chi connectivity index (χ3n) is 10.7. The lowest BCUT2D eigenvalue weighted by atomic mass is 10.1. The quantitative estimate of drug-likeness (QED) is 0.171. The number of benzene rings is 7. The van der Waals surface area contributed by atoms with Crippen molar-refractivity contribution in [2.45, 2.75) is 14.7 Å². The molecule has 0 fully saturated rings. The van der Waals surface area contributed by atoms with E-state index in [4.69, 9.17) is 9.47 Å². The first-order valence-corrected chi connectivity index (χ1v) is 17.4. The van der Waals surface area contributed by atoms with Crippen LogP contribution in [0.1, 0.15) is 0 Å². The second-order valence-corrected chi connectivity index (χ2v) is 15.0. The van der Waals surface area contributed by atoms with Gasteiger partial charge in [0.2, 0.25) is 0 Å². The topological polar surface area (TPSA) is 27.3 Å². The number of hydrogen-bond donors (Lipinski definition) is 1. The van der Waals surface area contributed by atoms with Gasteiger partial charge in [-0.15, -0.1) is 0 Å². The molecule has 0 amide bonds. The average Bonchev–Trinajstić information content (AvgIpc) is 3.85. The predicted octanol–water partition coefficient (Wildman–Crippen LogP) is 11.7. The Hall–Kier alpha value is -5.91. The summed E-state index contributed by atoms with van der Waals surface area (Å²) in [7, 11) is -0.968. The molecule has 4 aromatic heterocycles. The Kier molecular flexibility index (Phi) is 3.85. The second kappa shape index (κ2) is 7.72. The molecular formula is C42H22N2O2S. The summed E-state index contributed by atoms with van der Waals surface area (Å²) in [5.41, 5.74) is 7.24. The smallest absolute Gasteiger partial charge is 0.164 e. The number of aromatic nitrogens is 2. The number of ether oxygens (including phenoxy) is 2. The van der Waals surface area contributed by atoms with Gasteiger partial charge in [-0.25, -0.2) is 0 Å². The molecule has 11 aromatic rings. The van der Waals surface area contributed by atoms with Gasteiger partial charge in [0, 0.05) is 52.9 Å². The summed E-state index contributed by atoms with van der Waals surface area (Å²) < 4.78 is 18.9. The third kappa shape index (κ3) is 2.51. The Morgan fingerprint density at radius 2 is 0.766 bits per heavy atom. The van der Waals surface area contributed by atoms with E-state index in [2.05, 4.69) is 136 Å². The van der Waals surface area contributed by atoms with E-state index in [-0.39, 0.29) is 0 Å². The first-order valence-electron chi connectivity index (χ1n) is 16.0. The van der Waals surface area contributed by atoms with Crippen LogP contribution in [0.4, 0.5) is 0 Å². The van der Waals surface area contributed by atoms with Crippen LogP contribution in [-0.2, 0) is 0 Å². The van der Waals surface area contributed by atoms with Crippen LogP contribution in [0.3, 0.4) is 0 Å². The largest absolute Gasteiger partial charge is 0.453 e. The zero-order chi connectivity index (χ0) is 30.1. The molecule has 2 aliphatic rings. The molecule has 0 saturated heterocycles. The number of nitrogens with zero attached hydrogens (tertiary/aromatic N) is 2. The number of hydrogen-bond acceptors (Lipinski definition) is 2. The molecule has 5 heteroatoms. The van der Waals surface area contributed by atoms with Gasteiger partial charge in [0.25, 0.3) is 0 Å². The number of thiol groups is 1. The summed E-state index contributed by atoms with van der Waals surface area (Å²) in [4.78, 5) is 3.64. The fraction of sp³-hybridized carbons (Fsp3) is 0. The number of rotatable bonds is 0. The minimum atomic E-state index is -0.968. The minimum Gasteiger partial charge on any atom is -0.453 e. The van der Waals surface area contributed by atoms with E-state index >= 15 is 0 Å². The lowest BCUT2D eigenvalue weighted by molar-refractivity contribution is 0.420. The monoisotopic (exact) mass is 618 g/mol. The number of para-hydroxylation sites is 4. The highest BCUT2D eigenvalue weighted by molar-refractivity contribution is 8.17. The third-order valence-corrected chi connectivity index (χ3v) is 13.3. The summed E-state index contributed by atoms with van der Waals surface area (Å²) in [6.07, 6.45) is 0. The van der Waals surface area contributed by atoms with Crippen molar-refractivity contribution in [3.8, 4) is 23.0 Å². The molecule has 0 bridgehead atoms. The fourth-order valence-corrected chi connectivity index (χ4v) is 11.5. The maximum atomic E-state index is 7.01. The van der Waals surface area contributed by atoms with Crippen molar-refractivity contribution in [3.05, 3.63) is 127 Å². The van der Waals surface area contributed by atoms with E-state index in [1.807, 2.05) is 0 Å². The van der Waals surface area contributed by atoms with E-state index in [0.717, 1.165) is 34.0 Å². The van der Waals surface area contributed by atoms with Crippen LogP contribution in [-0.4, -0.2) is 8.80 Å². The Labute approximate surface area is 269 Å². The highest BCUT2D eigenvalue weighted by Gasteiger charge is 2.38. The molecule has 7 aromatic carbocycles. The van der Waals surface area contributed by atoms with Crippen molar-refractivity contribution >= 4 is 87.1 Å². The Morgan fingerprint density at radius 1 is 0.362 bits per heavy atom. The van der Waals surface area contributed by atoms with Crippen LogP contribution >= 0.6 is 10.9 Å². The maximum absolute atomic E-state index is 7.01. The van der Waals surface area contributed by atoms with Crippen LogP contribution in [0.2, 0.25) is 0 Å².